The summed E-state index contributed by atoms with van der Waals surface area (Å²) < 4.78 is 14.5. The summed E-state index contributed by atoms with van der Waals surface area (Å²) in [5.41, 5.74) is 2.61. The standard InChI is InChI=1S/C26H18BrFN2O2/c27-18-10-13-23-22(14-18)25(17-8-11-19(28)12-9-17)30(15-24(31)29-23)26(32)21-7-3-5-16-4-1-2-6-20(16)21/h1-14,25H,15H2,(H,29,31)/t25-/m1/s1. The molecule has 4 nitrogen and oxygen atoms in total. The summed E-state index contributed by atoms with van der Waals surface area (Å²) in [5, 5.41) is 4.67. The van der Waals surface area contributed by atoms with Crippen molar-refractivity contribution in [2.45, 2.75) is 6.04 Å². The smallest absolute Gasteiger partial charge is 0.255 e. The predicted octanol–water partition coefficient (Wildman–Crippen LogP) is 5.93. The quantitative estimate of drug-likeness (QED) is 0.380. The van der Waals surface area contributed by atoms with Gasteiger partial charge in [0.25, 0.3) is 5.91 Å². The number of hydrogen-bond acceptors (Lipinski definition) is 2. The van der Waals surface area contributed by atoms with E-state index < -0.39 is 6.04 Å². The van der Waals surface area contributed by atoms with E-state index in [1.807, 2.05) is 48.5 Å². The van der Waals surface area contributed by atoms with E-state index in [2.05, 4.69) is 21.2 Å². The molecule has 1 heterocycles. The number of rotatable bonds is 2. The number of halogens is 2. The first-order valence-corrected chi connectivity index (χ1v) is 10.9. The fourth-order valence-corrected chi connectivity index (χ4v) is 4.62. The molecule has 0 unspecified atom stereocenters. The van der Waals surface area contributed by atoms with Crippen LogP contribution in [0.1, 0.15) is 27.5 Å². The van der Waals surface area contributed by atoms with Gasteiger partial charge in [-0.15, -0.1) is 0 Å². The van der Waals surface area contributed by atoms with Crippen LogP contribution in [0.2, 0.25) is 0 Å². The number of anilines is 1. The highest BCUT2D eigenvalue weighted by molar-refractivity contribution is 9.10. The number of nitrogens with one attached hydrogen (secondary N) is 1. The number of nitrogens with zero attached hydrogens (tertiary/aromatic N) is 1. The summed E-state index contributed by atoms with van der Waals surface area (Å²) in [6, 6.07) is 24.2. The van der Waals surface area contributed by atoms with Crippen molar-refractivity contribution in [3.63, 3.8) is 0 Å². The van der Waals surface area contributed by atoms with Gasteiger partial charge in [-0.3, -0.25) is 9.59 Å². The van der Waals surface area contributed by atoms with Crippen LogP contribution in [0.5, 0.6) is 0 Å². The van der Waals surface area contributed by atoms with Crippen LogP contribution in [0.4, 0.5) is 10.1 Å². The molecule has 0 aromatic heterocycles. The van der Waals surface area contributed by atoms with E-state index in [0.717, 1.165) is 26.4 Å². The van der Waals surface area contributed by atoms with Gasteiger partial charge in [0.15, 0.2) is 0 Å². The molecule has 1 aliphatic heterocycles. The zero-order valence-corrected chi connectivity index (χ0v) is 18.5. The molecular formula is C26H18BrFN2O2. The zero-order valence-electron chi connectivity index (χ0n) is 16.9. The van der Waals surface area contributed by atoms with E-state index in [-0.39, 0.29) is 24.2 Å². The van der Waals surface area contributed by atoms with Crippen molar-refractivity contribution in [3.8, 4) is 0 Å². The molecule has 1 N–H and O–H groups in total. The second kappa shape index (κ2) is 8.20. The molecule has 158 valence electrons. The van der Waals surface area contributed by atoms with Crippen LogP contribution in [0.15, 0.2) is 89.4 Å². The molecular weight excluding hydrogens is 471 g/mol. The number of fused-ring (bicyclic) bond motifs is 2. The van der Waals surface area contributed by atoms with E-state index >= 15 is 0 Å². The average Bonchev–Trinajstić information content (AvgIpc) is 2.94. The first-order chi connectivity index (χ1) is 15.5. The molecule has 0 aliphatic carbocycles. The first kappa shape index (κ1) is 20.4. The van der Waals surface area contributed by atoms with Crippen molar-refractivity contribution < 1.29 is 14.0 Å². The predicted molar refractivity (Wildman–Crippen MR) is 126 cm³/mol. The van der Waals surface area contributed by atoms with E-state index in [0.29, 0.717) is 11.3 Å². The normalized spacial score (nSPS) is 15.8. The van der Waals surface area contributed by atoms with Crippen LogP contribution in [0.3, 0.4) is 0 Å². The van der Waals surface area contributed by atoms with Crippen LogP contribution < -0.4 is 5.32 Å². The number of hydrogen-bond donors (Lipinski definition) is 1. The number of benzene rings is 4. The van der Waals surface area contributed by atoms with Crippen molar-refractivity contribution in [1.29, 1.82) is 0 Å². The number of carbonyl (C=O) groups is 2. The zero-order chi connectivity index (χ0) is 22.2. The lowest BCUT2D eigenvalue weighted by molar-refractivity contribution is -0.117. The molecule has 5 rings (SSSR count). The van der Waals surface area contributed by atoms with Crippen molar-refractivity contribution in [1.82, 2.24) is 4.90 Å². The Kier molecular flexibility index (Phi) is 5.23. The van der Waals surface area contributed by atoms with Gasteiger partial charge < -0.3 is 10.2 Å². The fourth-order valence-electron chi connectivity index (χ4n) is 4.24. The highest BCUT2D eigenvalue weighted by Crippen LogP contribution is 2.38. The minimum absolute atomic E-state index is 0.129. The van der Waals surface area contributed by atoms with Crippen LogP contribution in [-0.4, -0.2) is 23.3 Å². The average molecular weight is 489 g/mol. The van der Waals surface area contributed by atoms with Gasteiger partial charge in [-0.05, 0) is 52.7 Å². The van der Waals surface area contributed by atoms with Crippen molar-refractivity contribution in [2.75, 3.05) is 11.9 Å². The third kappa shape index (κ3) is 3.67. The van der Waals surface area contributed by atoms with Crippen molar-refractivity contribution >= 4 is 44.2 Å². The van der Waals surface area contributed by atoms with Gasteiger partial charge in [-0.1, -0.05) is 64.5 Å². The molecule has 1 aliphatic rings. The summed E-state index contributed by atoms with van der Waals surface area (Å²) >= 11 is 3.50. The van der Waals surface area contributed by atoms with Crippen LogP contribution in [0.25, 0.3) is 10.8 Å². The van der Waals surface area contributed by atoms with Gasteiger partial charge in [-0.2, -0.15) is 0 Å². The summed E-state index contributed by atoms with van der Waals surface area (Å²) in [5.74, 6) is -0.913. The highest BCUT2D eigenvalue weighted by Gasteiger charge is 2.34. The highest BCUT2D eigenvalue weighted by atomic mass is 79.9. The largest absolute Gasteiger partial charge is 0.324 e. The maximum absolute atomic E-state index is 13.9. The van der Waals surface area contributed by atoms with Gasteiger partial charge >= 0.3 is 0 Å². The first-order valence-electron chi connectivity index (χ1n) is 10.1. The van der Waals surface area contributed by atoms with E-state index in [1.54, 1.807) is 29.2 Å². The van der Waals surface area contributed by atoms with Crippen LogP contribution in [-0.2, 0) is 4.79 Å². The Labute approximate surface area is 192 Å². The topological polar surface area (TPSA) is 49.4 Å². The van der Waals surface area contributed by atoms with Gasteiger partial charge in [0, 0.05) is 21.3 Å². The Bertz CT molecular complexity index is 1350. The van der Waals surface area contributed by atoms with Gasteiger partial charge in [0.1, 0.15) is 12.4 Å². The fraction of sp³-hybridized carbons (Fsp3) is 0.0769. The maximum atomic E-state index is 13.9. The summed E-state index contributed by atoms with van der Waals surface area (Å²) in [6.45, 7) is -0.129. The SMILES string of the molecule is O=C1CN(C(=O)c2cccc3ccccc23)[C@H](c2ccc(F)cc2)c2cc(Br)ccc2N1. The third-order valence-corrected chi connectivity index (χ3v) is 6.17. The van der Waals surface area contributed by atoms with Gasteiger partial charge in [0.2, 0.25) is 5.91 Å². The van der Waals surface area contributed by atoms with Crippen molar-refractivity contribution in [2.24, 2.45) is 0 Å². The molecule has 0 spiro atoms. The Hall–Kier alpha value is -3.51. The Morgan fingerprint density at radius 1 is 0.969 bits per heavy atom. The molecule has 32 heavy (non-hydrogen) atoms. The molecule has 2 amide bonds. The third-order valence-electron chi connectivity index (χ3n) is 5.67. The number of amides is 2. The lowest BCUT2D eigenvalue weighted by Gasteiger charge is -2.31. The van der Waals surface area contributed by atoms with Gasteiger partial charge in [-0.25, -0.2) is 4.39 Å². The monoisotopic (exact) mass is 488 g/mol. The molecule has 0 radical (unpaired) electrons. The van der Waals surface area contributed by atoms with E-state index in [9.17, 15) is 14.0 Å². The minimum Gasteiger partial charge on any atom is -0.324 e. The molecule has 1 atom stereocenters. The molecule has 0 bridgehead atoms. The Morgan fingerprint density at radius 3 is 2.53 bits per heavy atom. The summed E-state index contributed by atoms with van der Waals surface area (Å²) in [6.07, 6.45) is 0. The maximum Gasteiger partial charge on any atom is 0.255 e. The van der Waals surface area contributed by atoms with Crippen molar-refractivity contribution in [3.05, 3.63) is 112 Å². The molecule has 4 aromatic carbocycles. The molecule has 4 aromatic rings. The summed E-state index contributed by atoms with van der Waals surface area (Å²) in [7, 11) is 0. The molecule has 0 fully saturated rings. The summed E-state index contributed by atoms with van der Waals surface area (Å²) in [4.78, 5) is 28.3. The molecule has 6 heteroatoms. The lowest BCUT2D eigenvalue weighted by atomic mass is 9.94. The number of carbonyl (C=O) groups excluding carboxylic acids is 2. The van der Waals surface area contributed by atoms with E-state index in [1.165, 1.54) is 12.1 Å². The van der Waals surface area contributed by atoms with E-state index in [4.69, 9.17) is 0 Å². The van der Waals surface area contributed by atoms with Crippen LogP contribution >= 0.6 is 15.9 Å². The second-order valence-electron chi connectivity index (χ2n) is 7.69. The molecule has 0 saturated carbocycles. The van der Waals surface area contributed by atoms with Crippen LogP contribution in [0, 0.1) is 5.82 Å². The Balaban J connectivity index is 1.71. The Morgan fingerprint density at radius 2 is 1.72 bits per heavy atom. The lowest BCUT2D eigenvalue weighted by Crippen LogP contribution is -2.39. The second-order valence-corrected chi connectivity index (χ2v) is 8.61. The minimum atomic E-state index is -0.575. The molecule has 0 saturated heterocycles. The van der Waals surface area contributed by atoms with Gasteiger partial charge in [0.05, 0.1) is 6.04 Å².